The van der Waals surface area contributed by atoms with Crippen molar-refractivity contribution in [3.05, 3.63) is 65.3 Å². The van der Waals surface area contributed by atoms with Crippen molar-refractivity contribution in [2.75, 3.05) is 21.2 Å². The molecule has 0 amide bonds. The van der Waals surface area contributed by atoms with Gasteiger partial charge in [0.2, 0.25) is 5.88 Å². The summed E-state index contributed by atoms with van der Waals surface area (Å²) in [6.45, 7) is 0.593. The van der Waals surface area contributed by atoms with Crippen LogP contribution in [0.2, 0.25) is 0 Å². The molecule has 2 aromatic carbocycles. The number of fused-ring (bicyclic) bond motifs is 1. The van der Waals surface area contributed by atoms with Crippen LogP contribution < -0.4 is 9.47 Å². The molecule has 0 saturated heterocycles. The van der Waals surface area contributed by atoms with Crippen molar-refractivity contribution in [2.45, 2.75) is 6.54 Å². The quantitative estimate of drug-likeness (QED) is 0.436. The molecule has 0 saturated carbocycles. The van der Waals surface area contributed by atoms with Gasteiger partial charge in [0.15, 0.2) is 11.5 Å². The van der Waals surface area contributed by atoms with Crippen molar-refractivity contribution in [1.29, 1.82) is 5.26 Å². The van der Waals surface area contributed by atoms with Crippen LogP contribution in [0.15, 0.2) is 53.9 Å². The maximum absolute atomic E-state index is 9.16. The lowest BCUT2D eigenvalue weighted by Gasteiger charge is -2.14. The first-order valence-corrected chi connectivity index (χ1v) is 10.2. The third-order valence-electron chi connectivity index (χ3n) is 4.49. The van der Waals surface area contributed by atoms with Crippen LogP contribution in [0.25, 0.3) is 21.3 Å². The van der Waals surface area contributed by atoms with Gasteiger partial charge in [-0.15, -0.1) is 11.3 Å². The number of ether oxygens (including phenoxy) is 2. The molecular weight excluding hydrogens is 396 g/mol. The predicted octanol–water partition coefficient (Wildman–Crippen LogP) is 5.09. The normalized spacial score (nSPS) is 10.9. The summed E-state index contributed by atoms with van der Waals surface area (Å²) in [5.74, 6) is 2.13. The summed E-state index contributed by atoms with van der Waals surface area (Å²) in [7, 11) is 5.50. The molecule has 0 unspecified atom stereocenters. The molecule has 0 bridgehead atoms. The van der Waals surface area contributed by atoms with Gasteiger partial charge in [-0.2, -0.15) is 10.2 Å². The summed E-state index contributed by atoms with van der Waals surface area (Å²) < 4.78 is 11.7. The molecule has 6 nitrogen and oxygen atoms in total. The van der Waals surface area contributed by atoms with Crippen LogP contribution in [0.4, 0.5) is 0 Å². The van der Waals surface area contributed by atoms with Gasteiger partial charge >= 0.3 is 0 Å². The van der Waals surface area contributed by atoms with E-state index in [9.17, 15) is 0 Å². The molecule has 30 heavy (non-hydrogen) atoms. The lowest BCUT2D eigenvalue weighted by molar-refractivity contribution is 0.368. The Morgan fingerprint density at radius 2 is 1.87 bits per heavy atom. The molecular formula is C23H20N4O2S. The second-order valence-electron chi connectivity index (χ2n) is 6.96. The van der Waals surface area contributed by atoms with Gasteiger partial charge in [-0.25, -0.2) is 4.98 Å². The van der Waals surface area contributed by atoms with Crippen LogP contribution >= 0.6 is 11.3 Å². The zero-order valence-electron chi connectivity index (χ0n) is 16.9. The number of rotatable bonds is 6. The fraction of sp³-hybridized carbons (Fsp3) is 0.174. The smallest absolute Gasteiger partial charge is 0.232 e. The van der Waals surface area contributed by atoms with Gasteiger partial charge in [0, 0.05) is 17.0 Å². The van der Waals surface area contributed by atoms with E-state index in [0.717, 1.165) is 21.3 Å². The van der Waals surface area contributed by atoms with E-state index in [1.165, 1.54) is 0 Å². The monoisotopic (exact) mass is 416 g/mol. The van der Waals surface area contributed by atoms with Gasteiger partial charge in [-0.3, -0.25) is 0 Å². The number of nitriles is 1. The highest BCUT2D eigenvalue weighted by Gasteiger charge is 2.19. The first-order valence-electron chi connectivity index (χ1n) is 9.33. The second kappa shape index (κ2) is 8.49. The Morgan fingerprint density at radius 1 is 1.07 bits per heavy atom. The molecule has 0 aliphatic rings. The Kier molecular flexibility index (Phi) is 5.61. The third kappa shape index (κ3) is 3.96. The van der Waals surface area contributed by atoms with E-state index in [1.54, 1.807) is 36.6 Å². The summed E-state index contributed by atoms with van der Waals surface area (Å²) in [6.07, 6.45) is 0. The minimum Gasteiger partial charge on any atom is -0.493 e. The van der Waals surface area contributed by atoms with Gasteiger partial charge in [-0.05, 0) is 31.8 Å². The van der Waals surface area contributed by atoms with Crippen molar-refractivity contribution >= 4 is 21.6 Å². The van der Waals surface area contributed by atoms with E-state index in [2.05, 4.69) is 23.6 Å². The molecule has 0 N–H and O–H groups in total. The largest absolute Gasteiger partial charge is 0.493 e. The molecule has 2 aromatic heterocycles. The molecule has 0 fully saturated rings. The summed E-state index contributed by atoms with van der Waals surface area (Å²) in [5.41, 5.74) is 2.60. The zero-order chi connectivity index (χ0) is 21.1. The number of aromatic nitrogens is 2. The van der Waals surface area contributed by atoms with Crippen molar-refractivity contribution in [3.8, 4) is 34.6 Å². The maximum Gasteiger partial charge on any atom is 0.232 e. The zero-order valence-corrected chi connectivity index (χ0v) is 17.7. The Morgan fingerprint density at radius 3 is 2.57 bits per heavy atom. The van der Waals surface area contributed by atoms with E-state index in [1.807, 2.05) is 37.2 Å². The standard InChI is InChI=1S/C23H20N4O2S/c1-27(2)13-20-25-22(29-18-10-9-15(12-24)11-19(18)28-3)21-17(14-30-23(21)26-20)16-7-5-4-6-8-16/h4-11,14H,13H2,1-3H3. The fourth-order valence-corrected chi connectivity index (χ4v) is 4.09. The van der Waals surface area contributed by atoms with Crippen molar-refractivity contribution in [2.24, 2.45) is 0 Å². The Balaban J connectivity index is 1.88. The maximum atomic E-state index is 9.16. The lowest BCUT2D eigenvalue weighted by Crippen LogP contribution is -2.13. The number of hydrogen-bond acceptors (Lipinski definition) is 7. The van der Waals surface area contributed by atoms with E-state index >= 15 is 0 Å². The van der Waals surface area contributed by atoms with Crippen molar-refractivity contribution < 1.29 is 9.47 Å². The SMILES string of the molecule is COc1cc(C#N)ccc1Oc1nc(CN(C)C)nc2scc(-c3ccccc3)c12. The Labute approximate surface area is 179 Å². The molecule has 2 heterocycles. The van der Waals surface area contributed by atoms with Crippen LogP contribution in [0.1, 0.15) is 11.4 Å². The van der Waals surface area contributed by atoms with Gasteiger partial charge in [0.1, 0.15) is 10.7 Å². The lowest BCUT2D eigenvalue weighted by atomic mass is 10.1. The highest BCUT2D eigenvalue weighted by Crippen LogP contribution is 2.41. The van der Waals surface area contributed by atoms with Gasteiger partial charge < -0.3 is 14.4 Å². The highest BCUT2D eigenvalue weighted by molar-refractivity contribution is 7.17. The van der Waals surface area contributed by atoms with Gasteiger partial charge in [0.05, 0.1) is 30.7 Å². The van der Waals surface area contributed by atoms with Crippen molar-refractivity contribution in [3.63, 3.8) is 0 Å². The second-order valence-corrected chi connectivity index (χ2v) is 7.82. The number of nitrogens with zero attached hydrogens (tertiary/aromatic N) is 4. The van der Waals surface area contributed by atoms with Crippen LogP contribution in [0.3, 0.4) is 0 Å². The molecule has 0 aliphatic carbocycles. The minimum absolute atomic E-state index is 0.472. The van der Waals surface area contributed by atoms with Gasteiger partial charge in [0.25, 0.3) is 0 Å². The topological polar surface area (TPSA) is 71.3 Å². The van der Waals surface area contributed by atoms with E-state index in [4.69, 9.17) is 24.7 Å². The number of hydrogen-bond donors (Lipinski definition) is 0. The van der Waals surface area contributed by atoms with Crippen molar-refractivity contribution in [1.82, 2.24) is 14.9 Å². The Bertz CT molecular complexity index is 1230. The first-order chi connectivity index (χ1) is 14.6. The highest BCUT2D eigenvalue weighted by atomic mass is 32.1. The van der Waals surface area contributed by atoms with Crippen LogP contribution in [-0.2, 0) is 6.54 Å². The summed E-state index contributed by atoms with van der Waals surface area (Å²) in [5, 5.41) is 12.1. The predicted molar refractivity (Wildman–Crippen MR) is 118 cm³/mol. The molecule has 150 valence electrons. The molecule has 7 heteroatoms. The minimum atomic E-state index is 0.472. The molecule has 0 radical (unpaired) electrons. The van der Waals surface area contributed by atoms with Gasteiger partial charge in [-0.1, -0.05) is 30.3 Å². The number of benzene rings is 2. The van der Waals surface area contributed by atoms with Crippen LogP contribution in [0, 0.1) is 11.3 Å². The molecule has 4 rings (SSSR count). The first kappa shape index (κ1) is 19.8. The average molecular weight is 417 g/mol. The molecule has 4 aromatic rings. The van der Waals surface area contributed by atoms with E-state index in [0.29, 0.717) is 35.3 Å². The summed E-state index contributed by atoms with van der Waals surface area (Å²) in [6, 6.07) is 17.3. The van der Waals surface area contributed by atoms with E-state index in [-0.39, 0.29) is 0 Å². The van der Waals surface area contributed by atoms with E-state index < -0.39 is 0 Å². The molecule has 0 aliphatic heterocycles. The number of thiophene rings is 1. The molecule has 0 spiro atoms. The number of methoxy groups -OCH3 is 1. The molecule has 0 atom stereocenters. The summed E-state index contributed by atoms with van der Waals surface area (Å²) >= 11 is 1.57. The van der Waals surface area contributed by atoms with Crippen LogP contribution in [-0.4, -0.2) is 36.1 Å². The average Bonchev–Trinajstić information content (AvgIpc) is 3.18. The van der Waals surface area contributed by atoms with Crippen LogP contribution in [0.5, 0.6) is 17.4 Å². The third-order valence-corrected chi connectivity index (χ3v) is 5.36. The Hall–Kier alpha value is -3.47. The fourth-order valence-electron chi connectivity index (χ4n) is 3.14. The summed E-state index contributed by atoms with van der Waals surface area (Å²) in [4.78, 5) is 12.3.